The van der Waals surface area contributed by atoms with Gasteiger partial charge < -0.3 is 9.84 Å². The van der Waals surface area contributed by atoms with Gasteiger partial charge in [-0.15, -0.1) is 0 Å². The van der Waals surface area contributed by atoms with Gasteiger partial charge in [-0.25, -0.2) is 8.42 Å². The van der Waals surface area contributed by atoms with Gasteiger partial charge >= 0.3 is 5.97 Å². The Labute approximate surface area is 105 Å². The van der Waals surface area contributed by atoms with Crippen LogP contribution < -0.4 is 0 Å². The van der Waals surface area contributed by atoms with Gasteiger partial charge in [-0.05, 0) is 25.5 Å². The van der Waals surface area contributed by atoms with E-state index in [4.69, 9.17) is 4.74 Å². The summed E-state index contributed by atoms with van der Waals surface area (Å²) in [5, 5.41) is 9.85. The molecule has 6 heteroatoms. The Morgan fingerprint density at radius 3 is 2.44 bits per heavy atom. The largest absolute Gasteiger partial charge is 0.458 e. The summed E-state index contributed by atoms with van der Waals surface area (Å²) in [7, 11) is -3.88. The summed E-state index contributed by atoms with van der Waals surface area (Å²) >= 11 is 0. The molecule has 1 heterocycles. The van der Waals surface area contributed by atoms with E-state index in [0.29, 0.717) is 0 Å². The van der Waals surface area contributed by atoms with Gasteiger partial charge in [0.15, 0.2) is 5.44 Å². The molecule has 0 amide bonds. The van der Waals surface area contributed by atoms with E-state index in [-0.39, 0.29) is 17.7 Å². The quantitative estimate of drug-likeness (QED) is 0.821. The minimum atomic E-state index is -3.88. The fourth-order valence-electron chi connectivity index (χ4n) is 1.81. The van der Waals surface area contributed by atoms with Crippen LogP contribution in [0.15, 0.2) is 29.2 Å². The Hall–Kier alpha value is -1.40. The number of esters is 1. The lowest BCUT2D eigenvalue weighted by Gasteiger charge is -2.17. The van der Waals surface area contributed by atoms with Gasteiger partial charge in [0, 0.05) is 6.42 Å². The first-order valence-corrected chi connectivity index (χ1v) is 7.14. The molecule has 98 valence electrons. The van der Waals surface area contributed by atoms with Crippen molar-refractivity contribution in [3.63, 3.8) is 0 Å². The van der Waals surface area contributed by atoms with Crippen molar-refractivity contribution in [2.24, 2.45) is 0 Å². The predicted molar refractivity (Wildman–Crippen MR) is 63.5 cm³/mol. The smallest absolute Gasteiger partial charge is 0.306 e. The van der Waals surface area contributed by atoms with Crippen molar-refractivity contribution in [3.05, 3.63) is 29.8 Å². The number of hydrogen-bond acceptors (Lipinski definition) is 5. The third kappa shape index (κ3) is 2.39. The molecule has 0 saturated carbocycles. The summed E-state index contributed by atoms with van der Waals surface area (Å²) in [6.45, 7) is 1.84. The Kier molecular flexibility index (Phi) is 3.41. The van der Waals surface area contributed by atoms with Crippen LogP contribution in [0.25, 0.3) is 0 Å². The number of aliphatic hydroxyl groups excluding tert-OH is 1. The SMILES string of the molecule is Cc1ccc(S(=O)(=O)[C@H](O)[C@H]2CCC(=O)O2)cc1. The number of rotatable bonds is 3. The molecule has 18 heavy (non-hydrogen) atoms. The second-order valence-electron chi connectivity index (χ2n) is 4.32. The van der Waals surface area contributed by atoms with E-state index in [1.54, 1.807) is 12.1 Å². The number of hydrogen-bond donors (Lipinski definition) is 1. The first-order valence-electron chi connectivity index (χ1n) is 5.59. The highest BCUT2D eigenvalue weighted by Crippen LogP contribution is 2.24. The summed E-state index contributed by atoms with van der Waals surface area (Å²) in [6, 6.07) is 6.18. The topological polar surface area (TPSA) is 80.7 Å². The number of carbonyl (C=O) groups excluding carboxylic acids is 1. The highest BCUT2D eigenvalue weighted by molar-refractivity contribution is 7.92. The van der Waals surface area contributed by atoms with E-state index in [1.165, 1.54) is 12.1 Å². The van der Waals surface area contributed by atoms with Crippen LogP contribution in [0.1, 0.15) is 18.4 Å². The minimum absolute atomic E-state index is 0.0311. The summed E-state index contributed by atoms with van der Waals surface area (Å²) < 4.78 is 29.0. The van der Waals surface area contributed by atoms with Crippen molar-refractivity contribution in [2.45, 2.75) is 36.2 Å². The molecule has 1 saturated heterocycles. The van der Waals surface area contributed by atoms with Gasteiger partial charge in [0.05, 0.1) is 4.90 Å². The van der Waals surface area contributed by atoms with Crippen molar-refractivity contribution >= 4 is 15.8 Å². The minimum Gasteiger partial charge on any atom is -0.458 e. The Morgan fingerprint density at radius 1 is 1.33 bits per heavy atom. The second kappa shape index (κ2) is 4.70. The third-order valence-electron chi connectivity index (χ3n) is 2.90. The molecule has 1 aliphatic heterocycles. The number of cyclic esters (lactones) is 1. The van der Waals surface area contributed by atoms with E-state index in [2.05, 4.69) is 0 Å². The van der Waals surface area contributed by atoms with Crippen LogP contribution in [0.3, 0.4) is 0 Å². The Balaban J connectivity index is 2.25. The first-order chi connectivity index (χ1) is 8.41. The zero-order chi connectivity index (χ0) is 13.3. The summed E-state index contributed by atoms with van der Waals surface area (Å²) in [5.74, 6) is -0.474. The standard InChI is InChI=1S/C12H14O5S/c1-8-2-4-9(5-3-8)18(15,16)12(14)10-6-7-11(13)17-10/h2-5,10,12,14H,6-7H2,1H3/t10-,12+/m1/s1. The van der Waals surface area contributed by atoms with Crippen LogP contribution in [0.5, 0.6) is 0 Å². The van der Waals surface area contributed by atoms with E-state index >= 15 is 0 Å². The molecule has 1 aliphatic rings. The fourth-order valence-corrected chi connectivity index (χ4v) is 3.20. The lowest BCUT2D eigenvalue weighted by Crippen LogP contribution is -2.33. The van der Waals surface area contributed by atoms with Crippen LogP contribution in [0.2, 0.25) is 0 Å². The average molecular weight is 270 g/mol. The van der Waals surface area contributed by atoms with Gasteiger partial charge in [-0.1, -0.05) is 17.7 Å². The lowest BCUT2D eigenvalue weighted by atomic mass is 10.2. The van der Waals surface area contributed by atoms with Crippen molar-refractivity contribution in [1.29, 1.82) is 0 Å². The Bertz CT molecular complexity index is 546. The number of carbonyl (C=O) groups is 1. The average Bonchev–Trinajstić information content (AvgIpc) is 2.75. The third-order valence-corrected chi connectivity index (χ3v) is 4.77. The van der Waals surface area contributed by atoms with Gasteiger partial charge in [0.1, 0.15) is 6.10 Å². The summed E-state index contributed by atoms with van der Waals surface area (Å²) in [6.07, 6.45) is -0.597. The van der Waals surface area contributed by atoms with Crippen molar-refractivity contribution in [1.82, 2.24) is 0 Å². The molecule has 1 aromatic carbocycles. The molecule has 2 atom stereocenters. The van der Waals surface area contributed by atoms with Crippen LogP contribution >= 0.6 is 0 Å². The zero-order valence-corrected chi connectivity index (χ0v) is 10.7. The van der Waals surface area contributed by atoms with Gasteiger partial charge in [-0.3, -0.25) is 4.79 Å². The normalized spacial score (nSPS) is 21.7. The van der Waals surface area contributed by atoms with E-state index in [1.807, 2.05) is 6.92 Å². The lowest BCUT2D eigenvalue weighted by molar-refractivity contribution is -0.143. The van der Waals surface area contributed by atoms with E-state index < -0.39 is 27.3 Å². The molecule has 5 nitrogen and oxygen atoms in total. The number of aliphatic hydroxyl groups is 1. The molecule has 1 N–H and O–H groups in total. The van der Waals surface area contributed by atoms with Crippen molar-refractivity contribution in [3.8, 4) is 0 Å². The molecule has 1 fully saturated rings. The number of benzene rings is 1. The summed E-state index contributed by atoms with van der Waals surface area (Å²) in [4.78, 5) is 11.0. The predicted octanol–water partition coefficient (Wildman–Crippen LogP) is 0.793. The molecule has 0 aliphatic carbocycles. The monoisotopic (exact) mass is 270 g/mol. The molecular weight excluding hydrogens is 256 g/mol. The van der Waals surface area contributed by atoms with Gasteiger partial charge in [-0.2, -0.15) is 0 Å². The Morgan fingerprint density at radius 2 is 1.94 bits per heavy atom. The number of aryl methyl sites for hydroxylation is 1. The molecule has 1 aromatic rings. The summed E-state index contributed by atoms with van der Waals surface area (Å²) in [5.41, 5.74) is -0.776. The molecule has 0 radical (unpaired) electrons. The van der Waals surface area contributed by atoms with E-state index in [0.717, 1.165) is 5.56 Å². The van der Waals surface area contributed by atoms with Crippen molar-refractivity contribution in [2.75, 3.05) is 0 Å². The maximum Gasteiger partial charge on any atom is 0.306 e. The maximum atomic E-state index is 12.1. The second-order valence-corrected chi connectivity index (χ2v) is 6.36. The maximum absolute atomic E-state index is 12.1. The molecule has 0 bridgehead atoms. The van der Waals surface area contributed by atoms with Gasteiger partial charge in [0.2, 0.25) is 9.84 Å². The van der Waals surface area contributed by atoms with Crippen LogP contribution in [-0.4, -0.2) is 31.0 Å². The number of ether oxygens (including phenoxy) is 1. The van der Waals surface area contributed by atoms with Crippen LogP contribution in [0, 0.1) is 6.92 Å². The highest BCUT2D eigenvalue weighted by atomic mass is 32.2. The van der Waals surface area contributed by atoms with Crippen LogP contribution in [-0.2, 0) is 19.4 Å². The molecule has 0 aromatic heterocycles. The molecule has 2 rings (SSSR count). The molecule has 0 spiro atoms. The highest BCUT2D eigenvalue weighted by Gasteiger charge is 2.38. The first kappa shape index (κ1) is 13.0. The molecular formula is C12H14O5S. The van der Waals surface area contributed by atoms with Crippen LogP contribution in [0.4, 0.5) is 0 Å². The zero-order valence-electron chi connectivity index (χ0n) is 9.87. The number of sulfone groups is 1. The fraction of sp³-hybridized carbons (Fsp3) is 0.417. The van der Waals surface area contributed by atoms with Gasteiger partial charge in [0.25, 0.3) is 0 Å². The van der Waals surface area contributed by atoms with E-state index in [9.17, 15) is 18.3 Å². The molecule has 0 unspecified atom stereocenters. The van der Waals surface area contributed by atoms with Crippen molar-refractivity contribution < 1.29 is 23.1 Å².